The molecule has 2 rings (SSSR count). The van der Waals surface area contributed by atoms with E-state index >= 15 is 0 Å². The van der Waals surface area contributed by atoms with E-state index in [2.05, 4.69) is 0 Å². The molecule has 0 unspecified atom stereocenters. The maximum Gasteiger partial charge on any atom is 0.112 e. The van der Waals surface area contributed by atoms with Gasteiger partial charge in [-0.05, 0) is 25.3 Å². The first-order valence-corrected chi connectivity index (χ1v) is 6.33. The van der Waals surface area contributed by atoms with Gasteiger partial charge in [-0.3, -0.25) is 0 Å². The van der Waals surface area contributed by atoms with E-state index in [-0.39, 0.29) is 0 Å². The standard InChI is InChI=1S/C14H20O4/c1-9-12(16)13(17)14(18-9)11(15)8-7-10-5-3-2-4-6-10/h2-6,9,11-17H,7-8H2,1H3/t9-,11-,12-,13-,14+/m0/s1. The molecule has 0 aromatic heterocycles. The Bertz CT molecular complexity index is 367. The molecule has 0 amide bonds. The molecule has 4 heteroatoms. The van der Waals surface area contributed by atoms with Gasteiger partial charge in [-0.15, -0.1) is 0 Å². The monoisotopic (exact) mass is 252 g/mol. The zero-order valence-corrected chi connectivity index (χ0v) is 10.4. The maximum atomic E-state index is 10.0. The van der Waals surface area contributed by atoms with Crippen molar-refractivity contribution in [1.82, 2.24) is 0 Å². The summed E-state index contributed by atoms with van der Waals surface area (Å²) in [5.74, 6) is 0. The van der Waals surface area contributed by atoms with E-state index in [0.717, 1.165) is 12.0 Å². The summed E-state index contributed by atoms with van der Waals surface area (Å²) in [7, 11) is 0. The maximum absolute atomic E-state index is 10.0. The highest BCUT2D eigenvalue weighted by Gasteiger charge is 2.43. The van der Waals surface area contributed by atoms with Crippen LogP contribution in [-0.2, 0) is 11.2 Å². The summed E-state index contributed by atoms with van der Waals surface area (Å²) in [5, 5.41) is 29.4. The van der Waals surface area contributed by atoms with E-state index in [4.69, 9.17) is 4.74 Å². The Morgan fingerprint density at radius 2 is 1.83 bits per heavy atom. The van der Waals surface area contributed by atoms with E-state index < -0.39 is 30.5 Å². The molecule has 1 aliphatic rings. The molecule has 1 aromatic rings. The minimum absolute atomic E-state index is 0.434. The number of aryl methyl sites for hydroxylation is 1. The van der Waals surface area contributed by atoms with Crippen LogP contribution in [0.25, 0.3) is 0 Å². The van der Waals surface area contributed by atoms with Gasteiger partial charge in [0.2, 0.25) is 0 Å². The second-order valence-corrected chi connectivity index (χ2v) is 4.88. The van der Waals surface area contributed by atoms with Crippen molar-refractivity contribution in [2.24, 2.45) is 0 Å². The normalized spacial score (nSPS) is 33.6. The Labute approximate surface area is 107 Å². The lowest BCUT2D eigenvalue weighted by Gasteiger charge is -2.21. The molecule has 0 radical (unpaired) electrons. The van der Waals surface area contributed by atoms with Gasteiger partial charge in [0.05, 0.1) is 12.2 Å². The second-order valence-electron chi connectivity index (χ2n) is 4.88. The third kappa shape index (κ3) is 2.90. The van der Waals surface area contributed by atoms with Crippen LogP contribution in [-0.4, -0.2) is 45.8 Å². The number of hydrogen-bond acceptors (Lipinski definition) is 4. The first kappa shape index (κ1) is 13.5. The lowest BCUT2D eigenvalue weighted by molar-refractivity contribution is -0.0642. The topological polar surface area (TPSA) is 69.9 Å². The lowest BCUT2D eigenvalue weighted by atomic mass is 9.99. The Balaban J connectivity index is 1.87. The van der Waals surface area contributed by atoms with Crippen LogP contribution in [0, 0.1) is 0 Å². The number of ether oxygens (including phenoxy) is 1. The van der Waals surface area contributed by atoms with Crippen molar-refractivity contribution >= 4 is 0 Å². The van der Waals surface area contributed by atoms with Crippen molar-refractivity contribution in [2.45, 2.75) is 50.3 Å². The van der Waals surface area contributed by atoms with Gasteiger partial charge in [0.1, 0.15) is 18.3 Å². The van der Waals surface area contributed by atoms with Gasteiger partial charge in [0.25, 0.3) is 0 Å². The summed E-state index contributed by atoms with van der Waals surface area (Å²) in [4.78, 5) is 0. The molecule has 1 aromatic carbocycles. The highest BCUT2D eigenvalue weighted by atomic mass is 16.6. The second kappa shape index (κ2) is 5.80. The summed E-state index contributed by atoms with van der Waals surface area (Å²) in [6.45, 7) is 1.69. The third-order valence-electron chi connectivity index (χ3n) is 3.49. The first-order valence-electron chi connectivity index (χ1n) is 6.33. The number of benzene rings is 1. The minimum Gasteiger partial charge on any atom is -0.390 e. The van der Waals surface area contributed by atoms with Crippen molar-refractivity contribution in [3.05, 3.63) is 35.9 Å². The van der Waals surface area contributed by atoms with Gasteiger partial charge in [-0.2, -0.15) is 0 Å². The third-order valence-corrected chi connectivity index (χ3v) is 3.49. The van der Waals surface area contributed by atoms with E-state index in [1.165, 1.54) is 0 Å². The largest absolute Gasteiger partial charge is 0.390 e. The average Bonchev–Trinajstić information content (AvgIpc) is 2.65. The Hall–Kier alpha value is -0.940. The first-order chi connectivity index (χ1) is 8.59. The van der Waals surface area contributed by atoms with Gasteiger partial charge in [0, 0.05) is 0 Å². The van der Waals surface area contributed by atoms with Gasteiger partial charge in [-0.1, -0.05) is 30.3 Å². The van der Waals surface area contributed by atoms with E-state index in [1.54, 1.807) is 6.92 Å². The summed E-state index contributed by atoms with van der Waals surface area (Å²) in [6.07, 6.45) is -2.59. The van der Waals surface area contributed by atoms with Crippen LogP contribution in [0.4, 0.5) is 0 Å². The highest BCUT2D eigenvalue weighted by Crippen LogP contribution is 2.25. The minimum atomic E-state index is -1.01. The van der Waals surface area contributed by atoms with Gasteiger partial charge in [-0.25, -0.2) is 0 Å². The Morgan fingerprint density at radius 1 is 1.17 bits per heavy atom. The van der Waals surface area contributed by atoms with Crippen molar-refractivity contribution in [3.8, 4) is 0 Å². The highest BCUT2D eigenvalue weighted by molar-refractivity contribution is 5.14. The van der Waals surface area contributed by atoms with Crippen molar-refractivity contribution in [3.63, 3.8) is 0 Å². The molecular weight excluding hydrogens is 232 g/mol. The molecule has 1 saturated heterocycles. The number of rotatable bonds is 4. The van der Waals surface area contributed by atoms with Gasteiger partial charge < -0.3 is 20.1 Å². The molecule has 3 N–H and O–H groups in total. The molecule has 0 saturated carbocycles. The van der Waals surface area contributed by atoms with Crippen LogP contribution in [0.3, 0.4) is 0 Å². The molecule has 0 bridgehead atoms. The van der Waals surface area contributed by atoms with Crippen molar-refractivity contribution < 1.29 is 20.1 Å². The number of aliphatic hydroxyl groups is 3. The summed E-state index contributed by atoms with van der Waals surface area (Å²) in [5.41, 5.74) is 1.14. The zero-order chi connectivity index (χ0) is 13.1. The molecule has 0 spiro atoms. The Kier molecular flexibility index (Phi) is 4.35. The quantitative estimate of drug-likeness (QED) is 0.729. The van der Waals surface area contributed by atoms with Crippen LogP contribution in [0.2, 0.25) is 0 Å². The fraction of sp³-hybridized carbons (Fsp3) is 0.571. The molecule has 100 valence electrons. The number of hydrogen-bond donors (Lipinski definition) is 3. The van der Waals surface area contributed by atoms with Crippen LogP contribution < -0.4 is 0 Å². The van der Waals surface area contributed by atoms with Crippen LogP contribution >= 0.6 is 0 Å². The molecular formula is C14H20O4. The van der Waals surface area contributed by atoms with E-state index in [9.17, 15) is 15.3 Å². The zero-order valence-electron chi connectivity index (χ0n) is 10.4. The fourth-order valence-corrected chi connectivity index (χ4v) is 2.32. The molecule has 4 nitrogen and oxygen atoms in total. The van der Waals surface area contributed by atoms with Gasteiger partial charge in [0.15, 0.2) is 0 Å². The fourth-order valence-electron chi connectivity index (χ4n) is 2.32. The molecule has 1 fully saturated rings. The lowest BCUT2D eigenvalue weighted by Crippen LogP contribution is -2.38. The molecule has 1 heterocycles. The van der Waals surface area contributed by atoms with E-state index in [0.29, 0.717) is 6.42 Å². The van der Waals surface area contributed by atoms with E-state index in [1.807, 2.05) is 30.3 Å². The predicted octanol–water partition coefficient (Wildman–Crippen LogP) is 0.489. The number of aliphatic hydroxyl groups excluding tert-OH is 3. The molecule has 5 atom stereocenters. The van der Waals surface area contributed by atoms with Gasteiger partial charge >= 0.3 is 0 Å². The smallest absolute Gasteiger partial charge is 0.112 e. The van der Waals surface area contributed by atoms with Crippen LogP contribution in [0.5, 0.6) is 0 Å². The van der Waals surface area contributed by atoms with Crippen molar-refractivity contribution in [1.29, 1.82) is 0 Å². The molecule has 18 heavy (non-hydrogen) atoms. The van der Waals surface area contributed by atoms with Crippen LogP contribution in [0.15, 0.2) is 30.3 Å². The average molecular weight is 252 g/mol. The molecule has 0 aliphatic carbocycles. The summed E-state index contributed by atoms with van der Waals surface area (Å²) in [6, 6.07) is 9.84. The SMILES string of the molecule is C[C@@H]1O[C@H]([C@@H](O)CCc2ccccc2)[C@@H](O)[C@H]1O. The Morgan fingerprint density at radius 3 is 2.39 bits per heavy atom. The predicted molar refractivity (Wildman–Crippen MR) is 67.1 cm³/mol. The summed E-state index contributed by atoms with van der Waals surface area (Å²) >= 11 is 0. The molecule has 1 aliphatic heterocycles. The van der Waals surface area contributed by atoms with Crippen molar-refractivity contribution in [2.75, 3.05) is 0 Å². The van der Waals surface area contributed by atoms with Crippen LogP contribution in [0.1, 0.15) is 18.9 Å². The summed E-state index contributed by atoms with van der Waals surface area (Å²) < 4.78 is 5.39.